The van der Waals surface area contributed by atoms with Gasteiger partial charge in [0.2, 0.25) is 5.95 Å². The molecule has 1 aromatic carbocycles. The molecule has 8 nitrogen and oxygen atoms in total. The predicted octanol–water partition coefficient (Wildman–Crippen LogP) is 3.57. The van der Waals surface area contributed by atoms with Crippen LogP contribution in [0.25, 0.3) is 0 Å². The minimum Gasteiger partial charge on any atom is -0.395 e. The summed E-state index contributed by atoms with van der Waals surface area (Å²) < 4.78 is 35.1. The standard InChI is InChI=1S/C22H27F2N5O3/c1-13-10-19(29(2)3)28-21(26-13)25-12-14-4-7-16(8-5-14)27-20(30)15-6-9-17-18(11-15)32-22(23,24)31-17/h6,9-11,14,16H,4-5,7-8,12H2,1-3H3,(H,27,30)(H,25,26,28)/t14-,16+. The molecule has 0 atom stereocenters. The van der Waals surface area contributed by atoms with Gasteiger partial charge >= 0.3 is 6.29 Å². The van der Waals surface area contributed by atoms with Crippen LogP contribution in [0.3, 0.4) is 0 Å². The quantitative estimate of drug-likeness (QED) is 0.700. The number of carbonyl (C=O) groups excluding carboxylic acids is 1. The Labute approximate surface area is 185 Å². The summed E-state index contributed by atoms with van der Waals surface area (Å²) in [4.78, 5) is 23.5. The number of amides is 1. The number of benzene rings is 1. The van der Waals surface area contributed by atoms with E-state index in [1.54, 1.807) is 0 Å². The molecule has 1 aliphatic carbocycles. The molecule has 0 saturated heterocycles. The van der Waals surface area contributed by atoms with Crippen LogP contribution >= 0.6 is 0 Å². The SMILES string of the molecule is Cc1cc(N(C)C)nc(NC[C@H]2CC[C@@H](NC(=O)c3ccc4c(c3)OC(F)(F)O4)CC2)n1. The fraction of sp³-hybridized carbons (Fsp3) is 0.500. The Bertz CT molecular complexity index is 994. The molecule has 172 valence electrons. The summed E-state index contributed by atoms with van der Waals surface area (Å²) in [5.41, 5.74) is 1.17. The van der Waals surface area contributed by atoms with Crippen LogP contribution in [-0.2, 0) is 0 Å². The van der Waals surface area contributed by atoms with Gasteiger partial charge in [-0.1, -0.05) is 0 Å². The van der Waals surface area contributed by atoms with Gasteiger partial charge in [0, 0.05) is 44.0 Å². The second-order valence-electron chi connectivity index (χ2n) is 8.49. The Balaban J connectivity index is 1.25. The van der Waals surface area contributed by atoms with Crippen molar-refractivity contribution < 1.29 is 23.0 Å². The van der Waals surface area contributed by atoms with E-state index in [1.807, 2.05) is 32.0 Å². The molecule has 1 aliphatic heterocycles. The molecule has 1 fully saturated rings. The summed E-state index contributed by atoms with van der Waals surface area (Å²) in [6, 6.07) is 6.04. The van der Waals surface area contributed by atoms with Crippen LogP contribution < -0.4 is 25.0 Å². The maximum Gasteiger partial charge on any atom is 0.586 e. The van der Waals surface area contributed by atoms with E-state index >= 15 is 0 Å². The zero-order chi connectivity index (χ0) is 22.9. The minimum absolute atomic E-state index is 0.0428. The van der Waals surface area contributed by atoms with E-state index in [0.29, 0.717) is 11.9 Å². The van der Waals surface area contributed by atoms with Crippen LogP contribution in [0.5, 0.6) is 11.5 Å². The lowest BCUT2D eigenvalue weighted by molar-refractivity contribution is -0.286. The number of fused-ring (bicyclic) bond motifs is 1. The van der Waals surface area contributed by atoms with E-state index in [-0.39, 0.29) is 29.0 Å². The van der Waals surface area contributed by atoms with Crippen molar-refractivity contribution in [1.29, 1.82) is 0 Å². The third-order valence-corrected chi connectivity index (χ3v) is 5.69. The van der Waals surface area contributed by atoms with E-state index in [1.165, 1.54) is 18.2 Å². The highest BCUT2D eigenvalue weighted by atomic mass is 19.3. The van der Waals surface area contributed by atoms with Gasteiger partial charge in [0.15, 0.2) is 11.5 Å². The van der Waals surface area contributed by atoms with Gasteiger partial charge in [-0.05, 0) is 56.7 Å². The molecule has 2 aliphatic rings. The van der Waals surface area contributed by atoms with Gasteiger partial charge in [0.05, 0.1) is 0 Å². The maximum absolute atomic E-state index is 13.2. The van der Waals surface area contributed by atoms with Crippen molar-refractivity contribution >= 4 is 17.7 Å². The summed E-state index contributed by atoms with van der Waals surface area (Å²) in [5, 5.41) is 6.33. The molecule has 1 amide bonds. The van der Waals surface area contributed by atoms with Gasteiger partial charge in [-0.15, -0.1) is 8.78 Å². The van der Waals surface area contributed by atoms with Gasteiger partial charge in [-0.2, -0.15) is 4.98 Å². The smallest absolute Gasteiger partial charge is 0.395 e. The van der Waals surface area contributed by atoms with E-state index in [4.69, 9.17) is 0 Å². The van der Waals surface area contributed by atoms with E-state index < -0.39 is 6.29 Å². The van der Waals surface area contributed by atoms with Crippen LogP contribution in [0.15, 0.2) is 24.3 Å². The molecular formula is C22H27F2N5O3. The average Bonchev–Trinajstić information content (AvgIpc) is 3.05. The highest BCUT2D eigenvalue weighted by Gasteiger charge is 2.43. The summed E-state index contributed by atoms with van der Waals surface area (Å²) in [5.74, 6) is 1.43. The number of rotatable bonds is 6. The monoisotopic (exact) mass is 447 g/mol. The number of nitrogens with zero attached hydrogens (tertiary/aromatic N) is 3. The van der Waals surface area contributed by atoms with Crippen LogP contribution in [0.1, 0.15) is 41.7 Å². The van der Waals surface area contributed by atoms with Gasteiger partial charge in [0.25, 0.3) is 5.91 Å². The number of ether oxygens (including phenoxy) is 2. The number of halogens is 2. The lowest BCUT2D eigenvalue weighted by atomic mass is 9.86. The predicted molar refractivity (Wildman–Crippen MR) is 115 cm³/mol. The Morgan fingerprint density at radius 2 is 1.84 bits per heavy atom. The number of hydrogen-bond donors (Lipinski definition) is 2. The van der Waals surface area contributed by atoms with Gasteiger partial charge in [-0.25, -0.2) is 4.98 Å². The number of aromatic nitrogens is 2. The first kappa shape index (κ1) is 22.0. The van der Waals surface area contributed by atoms with Crippen molar-refractivity contribution in [3.8, 4) is 11.5 Å². The lowest BCUT2D eigenvalue weighted by Crippen LogP contribution is -2.38. The van der Waals surface area contributed by atoms with Crippen molar-refractivity contribution in [2.45, 2.75) is 44.9 Å². The molecule has 4 rings (SSSR count). The topological polar surface area (TPSA) is 88.6 Å². The molecule has 0 spiro atoms. The molecule has 1 aromatic heterocycles. The third-order valence-electron chi connectivity index (χ3n) is 5.69. The second-order valence-corrected chi connectivity index (χ2v) is 8.49. The van der Waals surface area contributed by atoms with E-state index in [0.717, 1.165) is 43.7 Å². The molecule has 0 unspecified atom stereocenters. The van der Waals surface area contributed by atoms with Crippen LogP contribution in [0.2, 0.25) is 0 Å². The van der Waals surface area contributed by atoms with Crippen LogP contribution in [-0.4, -0.2) is 48.9 Å². The maximum atomic E-state index is 13.2. The van der Waals surface area contributed by atoms with Gasteiger partial charge in [-0.3, -0.25) is 4.79 Å². The van der Waals surface area contributed by atoms with Crippen LogP contribution in [0.4, 0.5) is 20.5 Å². The molecule has 0 radical (unpaired) electrons. The molecule has 10 heteroatoms. The Morgan fingerprint density at radius 1 is 1.12 bits per heavy atom. The highest BCUT2D eigenvalue weighted by Crippen LogP contribution is 2.41. The third kappa shape index (κ3) is 5.17. The first-order valence-corrected chi connectivity index (χ1v) is 10.7. The number of nitrogens with one attached hydrogen (secondary N) is 2. The first-order valence-electron chi connectivity index (χ1n) is 10.7. The Hall–Kier alpha value is -3.17. The van der Waals surface area contributed by atoms with Gasteiger partial charge < -0.3 is 25.0 Å². The zero-order valence-electron chi connectivity index (χ0n) is 18.3. The molecule has 2 N–H and O–H groups in total. The lowest BCUT2D eigenvalue weighted by Gasteiger charge is -2.29. The van der Waals surface area contributed by atoms with Gasteiger partial charge in [0.1, 0.15) is 5.82 Å². The van der Waals surface area contributed by atoms with Crippen molar-refractivity contribution in [3.63, 3.8) is 0 Å². The molecule has 32 heavy (non-hydrogen) atoms. The second kappa shape index (κ2) is 8.76. The highest BCUT2D eigenvalue weighted by molar-refractivity contribution is 5.95. The molecule has 0 bridgehead atoms. The Morgan fingerprint density at radius 3 is 2.56 bits per heavy atom. The fourth-order valence-electron chi connectivity index (χ4n) is 3.97. The summed E-state index contributed by atoms with van der Waals surface area (Å²) in [6.07, 6.45) is -0.0899. The first-order chi connectivity index (χ1) is 15.2. The zero-order valence-corrected chi connectivity index (χ0v) is 18.3. The fourth-order valence-corrected chi connectivity index (χ4v) is 3.97. The molecule has 1 saturated carbocycles. The van der Waals surface area contributed by atoms with Crippen molar-refractivity contribution in [3.05, 3.63) is 35.5 Å². The number of anilines is 2. The molecule has 2 heterocycles. The normalized spacial score (nSPS) is 21.2. The van der Waals surface area contributed by atoms with Crippen molar-refractivity contribution in [1.82, 2.24) is 15.3 Å². The van der Waals surface area contributed by atoms with Crippen molar-refractivity contribution in [2.75, 3.05) is 30.9 Å². The summed E-state index contributed by atoms with van der Waals surface area (Å²) in [7, 11) is 3.89. The van der Waals surface area contributed by atoms with E-state index in [2.05, 4.69) is 30.1 Å². The average molecular weight is 447 g/mol. The summed E-state index contributed by atoms with van der Waals surface area (Å²) >= 11 is 0. The largest absolute Gasteiger partial charge is 0.586 e. The number of hydrogen-bond acceptors (Lipinski definition) is 7. The summed E-state index contributed by atoms with van der Waals surface area (Å²) in [6.45, 7) is 2.72. The number of carbonyl (C=O) groups is 1. The molecule has 2 aromatic rings. The van der Waals surface area contributed by atoms with Crippen molar-refractivity contribution in [2.24, 2.45) is 5.92 Å². The molecular weight excluding hydrogens is 420 g/mol. The number of alkyl halides is 2. The van der Waals surface area contributed by atoms with Crippen LogP contribution in [0, 0.1) is 12.8 Å². The number of aryl methyl sites for hydroxylation is 1. The Kier molecular flexibility index (Phi) is 6.03. The minimum atomic E-state index is -3.69. The van der Waals surface area contributed by atoms with E-state index in [9.17, 15) is 13.6 Å².